The average Bonchev–Trinajstić information content (AvgIpc) is 3.04. The Balaban J connectivity index is 1.47. The third-order valence-corrected chi connectivity index (χ3v) is 5.78. The summed E-state index contributed by atoms with van der Waals surface area (Å²) in [5.41, 5.74) is 0.285. The molecule has 1 aromatic carbocycles. The second-order valence-electron chi connectivity index (χ2n) is 7.01. The van der Waals surface area contributed by atoms with Crippen molar-refractivity contribution in [2.45, 2.75) is 38.4 Å². The lowest BCUT2D eigenvalue weighted by Gasteiger charge is -2.56. The lowest BCUT2D eigenvalue weighted by Crippen LogP contribution is -2.62. The number of aliphatic hydroxyl groups excluding tert-OH is 1. The normalized spacial score (nSPS) is 25.3. The van der Waals surface area contributed by atoms with Gasteiger partial charge in [0.05, 0.1) is 12.2 Å². The van der Waals surface area contributed by atoms with E-state index in [1.165, 1.54) is 18.2 Å². The van der Waals surface area contributed by atoms with E-state index in [2.05, 4.69) is 0 Å². The molecule has 1 spiro atoms. The summed E-state index contributed by atoms with van der Waals surface area (Å²) in [6.45, 7) is 3.72. The van der Waals surface area contributed by atoms with Crippen molar-refractivity contribution in [3.05, 3.63) is 35.8 Å². The van der Waals surface area contributed by atoms with Crippen LogP contribution in [0.25, 0.3) is 11.0 Å². The van der Waals surface area contributed by atoms with Crippen molar-refractivity contribution in [2.24, 2.45) is 5.41 Å². The summed E-state index contributed by atoms with van der Waals surface area (Å²) in [5.74, 6) is -0.312. The van der Waals surface area contributed by atoms with E-state index >= 15 is 0 Å². The zero-order chi connectivity index (χ0) is 17.6. The maximum Gasteiger partial charge on any atom is 0.289 e. The van der Waals surface area contributed by atoms with Crippen LogP contribution in [0.3, 0.4) is 0 Å². The van der Waals surface area contributed by atoms with Crippen LogP contribution in [0.1, 0.15) is 36.7 Å². The van der Waals surface area contributed by atoms with E-state index in [-0.39, 0.29) is 35.1 Å². The van der Waals surface area contributed by atoms with Crippen molar-refractivity contribution >= 4 is 16.9 Å². The van der Waals surface area contributed by atoms with Gasteiger partial charge in [0.2, 0.25) is 0 Å². The molecule has 1 aliphatic heterocycles. The van der Waals surface area contributed by atoms with Gasteiger partial charge in [-0.3, -0.25) is 4.79 Å². The van der Waals surface area contributed by atoms with E-state index in [0.29, 0.717) is 37.1 Å². The fourth-order valence-electron chi connectivity index (χ4n) is 4.22. The minimum absolute atomic E-state index is 0.0823. The molecule has 6 heteroatoms. The maximum absolute atomic E-state index is 13.3. The number of likely N-dealkylation sites (tertiary alicyclic amines) is 1. The molecule has 2 aromatic rings. The van der Waals surface area contributed by atoms with Crippen molar-refractivity contribution in [3.63, 3.8) is 0 Å². The first-order valence-electron chi connectivity index (χ1n) is 8.81. The van der Waals surface area contributed by atoms with Gasteiger partial charge in [-0.05, 0) is 44.0 Å². The molecule has 2 atom stereocenters. The Labute approximate surface area is 145 Å². The lowest BCUT2D eigenvalue weighted by molar-refractivity contribution is -0.207. The van der Waals surface area contributed by atoms with Crippen LogP contribution < -0.4 is 0 Å². The van der Waals surface area contributed by atoms with E-state index in [9.17, 15) is 14.3 Å². The number of aliphatic hydroxyl groups is 1. The smallest absolute Gasteiger partial charge is 0.289 e. The summed E-state index contributed by atoms with van der Waals surface area (Å²) in [5, 5.41) is 10.8. The number of benzene rings is 1. The number of carbonyl (C=O) groups excluding carboxylic acids is 1. The average molecular weight is 347 g/mol. The summed E-state index contributed by atoms with van der Waals surface area (Å²) in [6, 6.07) is 5.80. The van der Waals surface area contributed by atoms with Crippen LogP contribution in [0.2, 0.25) is 0 Å². The Morgan fingerprint density at radius 3 is 2.84 bits per heavy atom. The van der Waals surface area contributed by atoms with Crippen LogP contribution in [0.15, 0.2) is 28.7 Å². The van der Waals surface area contributed by atoms with Gasteiger partial charge >= 0.3 is 0 Å². The van der Waals surface area contributed by atoms with Crippen molar-refractivity contribution in [1.82, 2.24) is 4.90 Å². The summed E-state index contributed by atoms with van der Waals surface area (Å²) < 4.78 is 24.6. The summed E-state index contributed by atoms with van der Waals surface area (Å²) in [6.07, 6.45) is 1.85. The molecular weight excluding hydrogens is 325 g/mol. The molecule has 5 nitrogen and oxygen atoms in total. The highest BCUT2D eigenvalue weighted by molar-refractivity contribution is 5.96. The quantitative estimate of drug-likeness (QED) is 0.927. The summed E-state index contributed by atoms with van der Waals surface area (Å²) >= 11 is 0. The lowest BCUT2D eigenvalue weighted by atomic mass is 9.58. The minimum Gasteiger partial charge on any atom is -0.451 e. The van der Waals surface area contributed by atoms with Gasteiger partial charge < -0.3 is 19.2 Å². The number of nitrogens with zero attached hydrogens (tertiary/aromatic N) is 1. The van der Waals surface area contributed by atoms with Crippen LogP contribution in [0.5, 0.6) is 0 Å². The third kappa shape index (κ3) is 2.64. The van der Waals surface area contributed by atoms with Crippen molar-refractivity contribution < 1.29 is 23.4 Å². The molecule has 0 bridgehead atoms. The number of halogens is 1. The molecule has 1 N–H and O–H groups in total. The van der Waals surface area contributed by atoms with Gasteiger partial charge in [0, 0.05) is 36.9 Å². The summed E-state index contributed by atoms with van der Waals surface area (Å²) in [7, 11) is 0. The van der Waals surface area contributed by atoms with E-state index in [1.54, 1.807) is 11.0 Å². The first-order valence-corrected chi connectivity index (χ1v) is 8.81. The predicted octanol–water partition coefficient (Wildman–Crippen LogP) is 2.96. The minimum atomic E-state index is -0.354. The number of rotatable bonds is 3. The molecule has 25 heavy (non-hydrogen) atoms. The molecule has 2 unspecified atom stereocenters. The molecule has 2 fully saturated rings. The maximum atomic E-state index is 13.3. The number of carbonyl (C=O) groups is 1. The molecule has 2 aliphatic rings. The number of hydrogen-bond donors (Lipinski definition) is 1. The van der Waals surface area contributed by atoms with Gasteiger partial charge in [0.25, 0.3) is 5.91 Å². The Bertz CT molecular complexity index is 792. The van der Waals surface area contributed by atoms with Gasteiger partial charge in [-0.2, -0.15) is 0 Å². The Morgan fingerprint density at radius 1 is 1.40 bits per heavy atom. The molecule has 1 amide bonds. The molecule has 1 aliphatic carbocycles. The number of piperidine rings is 1. The van der Waals surface area contributed by atoms with Crippen molar-refractivity contribution in [1.29, 1.82) is 0 Å². The zero-order valence-electron chi connectivity index (χ0n) is 14.2. The SMILES string of the molecule is CCOC1CC(O)C12CCN(C(=O)c1cc3cc(F)ccc3o1)CC2. The molecule has 1 aromatic heterocycles. The molecule has 1 saturated carbocycles. The standard InChI is InChI=1S/C19H22FNO4/c1-2-24-17-11-16(22)19(17)5-7-21(8-6-19)18(23)15-10-12-9-13(20)3-4-14(12)25-15/h3-4,9-10,16-17,22H,2,5-8,11H2,1H3. The molecule has 1 saturated heterocycles. The molecule has 2 heterocycles. The third-order valence-electron chi connectivity index (χ3n) is 5.78. The number of furan rings is 1. The van der Waals surface area contributed by atoms with E-state index in [0.717, 1.165) is 12.8 Å². The van der Waals surface area contributed by atoms with Crippen LogP contribution in [0.4, 0.5) is 4.39 Å². The number of fused-ring (bicyclic) bond motifs is 1. The largest absolute Gasteiger partial charge is 0.451 e. The fraction of sp³-hybridized carbons (Fsp3) is 0.526. The molecule has 0 radical (unpaired) electrons. The molecular formula is C19H22FNO4. The van der Waals surface area contributed by atoms with Crippen LogP contribution in [-0.2, 0) is 4.74 Å². The van der Waals surface area contributed by atoms with Crippen molar-refractivity contribution in [2.75, 3.05) is 19.7 Å². The van der Waals surface area contributed by atoms with Crippen LogP contribution >= 0.6 is 0 Å². The Morgan fingerprint density at radius 2 is 2.16 bits per heavy atom. The highest BCUT2D eigenvalue weighted by Gasteiger charge is 2.56. The first-order chi connectivity index (χ1) is 12.0. The Hall–Kier alpha value is -1.92. The second-order valence-corrected chi connectivity index (χ2v) is 7.01. The second kappa shape index (κ2) is 6.11. The topological polar surface area (TPSA) is 62.9 Å². The van der Waals surface area contributed by atoms with E-state index in [4.69, 9.17) is 9.15 Å². The van der Waals surface area contributed by atoms with Gasteiger partial charge in [-0.15, -0.1) is 0 Å². The number of hydrogen-bond acceptors (Lipinski definition) is 4. The number of ether oxygens (including phenoxy) is 1. The predicted molar refractivity (Wildman–Crippen MR) is 89.8 cm³/mol. The highest BCUT2D eigenvalue weighted by Crippen LogP contribution is 2.51. The monoisotopic (exact) mass is 347 g/mol. The van der Waals surface area contributed by atoms with Gasteiger partial charge in [-0.1, -0.05) is 0 Å². The van der Waals surface area contributed by atoms with Crippen LogP contribution in [0, 0.1) is 11.2 Å². The zero-order valence-corrected chi connectivity index (χ0v) is 14.2. The van der Waals surface area contributed by atoms with Crippen LogP contribution in [-0.4, -0.2) is 47.8 Å². The van der Waals surface area contributed by atoms with Crippen molar-refractivity contribution in [3.8, 4) is 0 Å². The van der Waals surface area contributed by atoms with E-state index < -0.39 is 0 Å². The molecule has 4 rings (SSSR count). The van der Waals surface area contributed by atoms with Gasteiger partial charge in [0.15, 0.2) is 5.76 Å². The summed E-state index contributed by atoms with van der Waals surface area (Å²) in [4.78, 5) is 14.4. The first kappa shape index (κ1) is 16.5. The molecule has 134 valence electrons. The fourth-order valence-corrected chi connectivity index (χ4v) is 4.22. The Kier molecular flexibility index (Phi) is 4.04. The number of amides is 1. The van der Waals surface area contributed by atoms with Gasteiger partial charge in [-0.25, -0.2) is 4.39 Å². The highest BCUT2D eigenvalue weighted by atomic mass is 19.1. The van der Waals surface area contributed by atoms with Gasteiger partial charge in [0.1, 0.15) is 11.4 Å². The van der Waals surface area contributed by atoms with E-state index in [1.807, 2.05) is 6.92 Å².